The van der Waals surface area contributed by atoms with E-state index in [1.54, 1.807) is 12.1 Å². The van der Waals surface area contributed by atoms with Crippen LogP contribution >= 0.6 is 11.3 Å². The molecule has 108 valence electrons. The first-order chi connectivity index (χ1) is 9.89. The van der Waals surface area contributed by atoms with E-state index in [9.17, 15) is 9.59 Å². The molecule has 0 aromatic carbocycles. The van der Waals surface area contributed by atoms with Crippen molar-refractivity contribution in [3.8, 4) is 6.07 Å². The lowest BCUT2D eigenvalue weighted by Crippen LogP contribution is -2.40. The van der Waals surface area contributed by atoms with Crippen molar-refractivity contribution in [3.05, 3.63) is 17.0 Å². The first kappa shape index (κ1) is 13.0. The van der Waals surface area contributed by atoms with Crippen LogP contribution in [0.25, 0.3) is 0 Å². The SMILES string of the molecule is C[C@@]12CC[C@](C)(O1)C1C(=O)N(c3ccc(C#N)s3)C(=O)C12. The predicted molar refractivity (Wildman–Crippen MR) is 75.6 cm³/mol. The number of thiophene rings is 1. The first-order valence-corrected chi connectivity index (χ1v) is 7.79. The highest BCUT2D eigenvalue weighted by molar-refractivity contribution is 7.17. The van der Waals surface area contributed by atoms with Gasteiger partial charge in [0.15, 0.2) is 0 Å². The van der Waals surface area contributed by atoms with Crippen LogP contribution in [0.3, 0.4) is 0 Å². The fourth-order valence-electron chi connectivity index (χ4n) is 4.19. The monoisotopic (exact) mass is 302 g/mol. The van der Waals surface area contributed by atoms with Gasteiger partial charge < -0.3 is 4.74 Å². The minimum absolute atomic E-state index is 0.178. The molecule has 6 heteroatoms. The third-order valence-corrected chi connectivity index (χ3v) is 6.10. The second-order valence-electron chi connectivity index (χ2n) is 6.44. The summed E-state index contributed by atoms with van der Waals surface area (Å²) in [4.78, 5) is 27.3. The zero-order valence-electron chi connectivity index (χ0n) is 11.8. The number of fused-ring (bicyclic) bond motifs is 5. The second-order valence-corrected chi connectivity index (χ2v) is 7.51. The van der Waals surface area contributed by atoms with Gasteiger partial charge in [0.1, 0.15) is 15.9 Å². The molecular formula is C15H14N2O3S. The summed E-state index contributed by atoms with van der Waals surface area (Å²) in [5.41, 5.74) is -1.06. The number of nitriles is 1. The Morgan fingerprint density at radius 3 is 2.29 bits per heavy atom. The molecule has 0 aliphatic carbocycles. The molecule has 2 amide bonds. The molecule has 3 aliphatic heterocycles. The van der Waals surface area contributed by atoms with Crippen LogP contribution in [-0.2, 0) is 14.3 Å². The van der Waals surface area contributed by atoms with E-state index in [1.165, 1.54) is 16.2 Å². The molecule has 4 atom stereocenters. The van der Waals surface area contributed by atoms with E-state index in [1.807, 2.05) is 19.9 Å². The molecule has 1 aromatic rings. The molecule has 4 heterocycles. The summed E-state index contributed by atoms with van der Waals surface area (Å²) in [5.74, 6) is -1.14. The number of anilines is 1. The molecule has 21 heavy (non-hydrogen) atoms. The maximum atomic E-state index is 12.8. The Kier molecular flexibility index (Phi) is 2.31. The summed E-state index contributed by atoms with van der Waals surface area (Å²) in [6.07, 6.45) is 1.62. The van der Waals surface area contributed by atoms with E-state index < -0.39 is 23.0 Å². The van der Waals surface area contributed by atoms with Crippen molar-refractivity contribution in [2.75, 3.05) is 4.90 Å². The summed E-state index contributed by atoms with van der Waals surface area (Å²) in [6.45, 7) is 3.87. The van der Waals surface area contributed by atoms with Gasteiger partial charge in [-0.3, -0.25) is 9.59 Å². The Morgan fingerprint density at radius 2 is 1.81 bits per heavy atom. The molecule has 3 fully saturated rings. The van der Waals surface area contributed by atoms with Gasteiger partial charge in [0.05, 0.1) is 23.0 Å². The van der Waals surface area contributed by atoms with E-state index in [-0.39, 0.29) is 11.8 Å². The zero-order chi connectivity index (χ0) is 15.0. The molecule has 0 saturated carbocycles. The molecule has 1 aromatic heterocycles. The predicted octanol–water partition coefficient (Wildman–Crippen LogP) is 2.07. The lowest BCUT2D eigenvalue weighted by molar-refractivity contribution is -0.129. The quantitative estimate of drug-likeness (QED) is 0.745. The highest BCUT2D eigenvalue weighted by Gasteiger charge is 2.72. The minimum atomic E-state index is -0.532. The van der Waals surface area contributed by atoms with E-state index in [0.29, 0.717) is 9.88 Å². The fraction of sp³-hybridized carbons (Fsp3) is 0.533. The first-order valence-electron chi connectivity index (χ1n) is 6.97. The Morgan fingerprint density at radius 1 is 1.24 bits per heavy atom. The number of carbonyl (C=O) groups is 2. The molecule has 0 spiro atoms. The van der Waals surface area contributed by atoms with Crippen molar-refractivity contribution in [1.82, 2.24) is 0 Å². The van der Waals surface area contributed by atoms with E-state index >= 15 is 0 Å². The molecule has 5 nitrogen and oxygen atoms in total. The standard InChI is InChI=1S/C15H14N2O3S/c1-14-5-6-15(2,20-14)11-10(14)12(18)17(13(11)19)9-4-3-8(7-16)21-9/h3-4,10-11H,5-6H2,1-2H3/t10?,11?,14-,15-/m0/s1. The summed E-state index contributed by atoms with van der Waals surface area (Å²) < 4.78 is 6.05. The number of ether oxygens (including phenoxy) is 1. The maximum absolute atomic E-state index is 12.8. The van der Waals surface area contributed by atoms with Crippen LogP contribution in [0.5, 0.6) is 0 Å². The lowest BCUT2D eigenvalue weighted by atomic mass is 9.69. The molecule has 2 unspecified atom stereocenters. The molecule has 2 bridgehead atoms. The minimum Gasteiger partial charge on any atom is -0.367 e. The molecular weight excluding hydrogens is 288 g/mol. The van der Waals surface area contributed by atoms with Crippen molar-refractivity contribution in [1.29, 1.82) is 5.26 Å². The highest BCUT2D eigenvalue weighted by atomic mass is 32.1. The summed E-state index contributed by atoms with van der Waals surface area (Å²) in [6, 6.07) is 5.36. The molecule has 4 rings (SSSR count). The summed E-state index contributed by atoms with van der Waals surface area (Å²) in [5, 5.41) is 9.46. The largest absolute Gasteiger partial charge is 0.367 e. The van der Waals surface area contributed by atoms with Gasteiger partial charge >= 0.3 is 0 Å². The number of nitrogens with zero attached hydrogens (tertiary/aromatic N) is 2. The number of hydrogen-bond donors (Lipinski definition) is 0. The Balaban J connectivity index is 1.79. The molecule has 0 radical (unpaired) electrons. The van der Waals surface area contributed by atoms with Crippen LogP contribution in [0.1, 0.15) is 31.6 Å². The average molecular weight is 302 g/mol. The summed E-state index contributed by atoms with van der Waals surface area (Å²) in [7, 11) is 0. The lowest BCUT2D eigenvalue weighted by Gasteiger charge is -2.27. The van der Waals surface area contributed by atoms with Crippen LogP contribution in [0, 0.1) is 23.2 Å². The third kappa shape index (κ3) is 1.43. The van der Waals surface area contributed by atoms with Crippen LogP contribution in [0.4, 0.5) is 5.00 Å². The number of rotatable bonds is 1. The smallest absolute Gasteiger partial charge is 0.241 e. The van der Waals surface area contributed by atoms with Crippen LogP contribution in [-0.4, -0.2) is 23.0 Å². The Hall–Kier alpha value is -1.71. The van der Waals surface area contributed by atoms with Crippen LogP contribution < -0.4 is 4.90 Å². The highest BCUT2D eigenvalue weighted by Crippen LogP contribution is 2.61. The topological polar surface area (TPSA) is 70.4 Å². The maximum Gasteiger partial charge on any atom is 0.241 e. The van der Waals surface area contributed by atoms with Gasteiger partial charge in [-0.25, -0.2) is 4.90 Å². The molecule has 3 saturated heterocycles. The van der Waals surface area contributed by atoms with Crippen LogP contribution in [0.15, 0.2) is 12.1 Å². The molecule has 0 N–H and O–H groups in total. The van der Waals surface area contributed by atoms with Gasteiger partial charge in [0.2, 0.25) is 11.8 Å². The number of imide groups is 1. The Bertz CT molecular complexity index is 687. The van der Waals surface area contributed by atoms with Gasteiger partial charge in [-0.05, 0) is 38.8 Å². The van der Waals surface area contributed by atoms with Crippen molar-refractivity contribution in [2.24, 2.45) is 11.8 Å². The van der Waals surface area contributed by atoms with Gasteiger partial charge in [0, 0.05) is 0 Å². The van der Waals surface area contributed by atoms with E-state index in [4.69, 9.17) is 10.00 Å². The summed E-state index contributed by atoms with van der Waals surface area (Å²) >= 11 is 1.18. The van der Waals surface area contributed by atoms with Crippen molar-refractivity contribution < 1.29 is 14.3 Å². The number of hydrogen-bond acceptors (Lipinski definition) is 5. The second kappa shape index (κ2) is 3.73. The normalized spacial score (nSPS) is 40.7. The van der Waals surface area contributed by atoms with Gasteiger partial charge in [-0.2, -0.15) is 5.26 Å². The van der Waals surface area contributed by atoms with Crippen molar-refractivity contribution in [3.63, 3.8) is 0 Å². The van der Waals surface area contributed by atoms with Gasteiger partial charge in [0.25, 0.3) is 0 Å². The van der Waals surface area contributed by atoms with Crippen molar-refractivity contribution in [2.45, 2.75) is 37.9 Å². The number of carbonyl (C=O) groups excluding carboxylic acids is 2. The van der Waals surface area contributed by atoms with Crippen molar-refractivity contribution >= 4 is 28.2 Å². The van der Waals surface area contributed by atoms with Crippen LogP contribution in [0.2, 0.25) is 0 Å². The zero-order valence-corrected chi connectivity index (χ0v) is 12.6. The Labute approximate surface area is 126 Å². The number of amides is 2. The average Bonchev–Trinajstić information content (AvgIpc) is 3.11. The van der Waals surface area contributed by atoms with E-state index in [2.05, 4.69) is 0 Å². The fourth-order valence-corrected chi connectivity index (χ4v) is 5.01. The van der Waals surface area contributed by atoms with Gasteiger partial charge in [-0.15, -0.1) is 11.3 Å². The van der Waals surface area contributed by atoms with E-state index in [0.717, 1.165) is 12.8 Å². The molecule has 3 aliphatic rings. The van der Waals surface area contributed by atoms with Gasteiger partial charge in [-0.1, -0.05) is 0 Å². The third-order valence-electron chi connectivity index (χ3n) is 5.13.